The fraction of sp³-hybridized carbons (Fsp3) is 0.333. The Bertz CT molecular complexity index is 1290. The Labute approximate surface area is 232 Å². The van der Waals surface area contributed by atoms with Gasteiger partial charge in [0.05, 0.1) is 24.2 Å². The SMILES string of the molecule is OC[C@H]1O[C@@H](n2c(NCc3cccc(OCCC[n+]4ccccc4)c3)nc3ccccc32)[C@H](O)[C@@H]1O.[I-]. The van der Waals surface area contributed by atoms with Crippen molar-refractivity contribution in [3.05, 3.63) is 84.7 Å². The Balaban J connectivity index is 0.00000320. The molecule has 0 spiro atoms. The number of aromatic nitrogens is 3. The van der Waals surface area contributed by atoms with Gasteiger partial charge in [-0.2, -0.15) is 0 Å². The van der Waals surface area contributed by atoms with Gasteiger partial charge in [0.1, 0.15) is 24.1 Å². The van der Waals surface area contributed by atoms with E-state index in [2.05, 4.69) is 14.9 Å². The lowest BCUT2D eigenvalue weighted by atomic mass is 10.1. The van der Waals surface area contributed by atoms with Gasteiger partial charge in [-0.05, 0) is 29.8 Å². The molecule has 9 nitrogen and oxygen atoms in total. The van der Waals surface area contributed by atoms with Crippen LogP contribution in [-0.2, 0) is 17.8 Å². The maximum atomic E-state index is 10.6. The summed E-state index contributed by atoms with van der Waals surface area (Å²) in [4.78, 5) is 4.68. The Morgan fingerprint density at radius 1 is 1.00 bits per heavy atom. The summed E-state index contributed by atoms with van der Waals surface area (Å²) in [6.07, 6.45) is 0.831. The van der Waals surface area contributed by atoms with Gasteiger partial charge in [-0.15, -0.1) is 0 Å². The fourth-order valence-corrected chi connectivity index (χ4v) is 4.47. The number of halogens is 1. The summed E-state index contributed by atoms with van der Waals surface area (Å²) in [6, 6.07) is 21.4. The molecule has 2 aromatic heterocycles. The minimum Gasteiger partial charge on any atom is -1.00 e. The van der Waals surface area contributed by atoms with Gasteiger partial charge in [0.25, 0.3) is 0 Å². The Kier molecular flexibility index (Phi) is 9.33. The number of hydrogen-bond acceptors (Lipinski definition) is 7. The summed E-state index contributed by atoms with van der Waals surface area (Å²) in [5.41, 5.74) is 2.49. The molecule has 0 saturated carbocycles. The average Bonchev–Trinajstić information content (AvgIpc) is 3.42. The van der Waals surface area contributed by atoms with Crippen LogP contribution in [0.15, 0.2) is 79.1 Å². The van der Waals surface area contributed by atoms with Crippen molar-refractivity contribution in [2.24, 2.45) is 0 Å². The molecular formula is C27H31IN4O5. The topological polar surface area (TPSA) is 113 Å². The molecule has 2 aromatic carbocycles. The fourth-order valence-electron chi connectivity index (χ4n) is 4.47. The van der Waals surface area contributed by atoms with E-state index in [0.717, 1.165) is 35.3 Å². The number of anilines is 1. The molecule has 1 aliphatic rings. The van der Waals surface area contributed by atoms with Crippen LogP contribution in [0.4, 0.5) is 5.95 Å². The van der Waals surface area contributed by atoms with Crippen molar-refractivity contribution in [3.63, 3.8) is 0 Å². The first-order chi connectivity index (χ1) is 17.6. The number of rotatable bonds is 10. The quantitative estimate of drug-likeness (QED) is 0.103. The summed E-state index contributed by atoms with van der Waals surface area (Å²) in [7, 11) is 0. The zero-order valence-corrected chi connectivity index (χ0v) is 22.4. The number of fused-ring (bicyclic) bond motifs is 1. The van der Waals surface area contributed by atoms with Gasteiger partial charge in [0.15, 0.2) is 25.2 Å². The van der Waals surface area contributed by atoms with Crippen LogP contribution in [0.1, 0.15) is 18.2 Å². The lowest BCUT2D eigenvalue weighted by molar-refractivity contribution is -0.697. The summed E-state index contributed by atoms with van der Waals surface area (Å²) < 4.78 is 15.6. The van der Waals surface area contributed by atoms with Crippen LogP contribution in [0.5, 0.6) is 5.75 Å². The van der Waals surface area contributed by atoms with Crippen molar-refractivity contribution in [1.82, 2.24) is 9.55 Å². The minimum atomic E-state index is -1.20. The third-order valence-electron chi connectivity index (χ3n) is 6.32. The van der Waals surface area contributed by atoms with Crippen LogP contribution >= 0.6 is 0 Å². The maximum absolute atomic E-state index is 10.6. The van der Waals surface area contributed by atoms with E-state index in [4.69, 9.17) is 9.47 Å². The second-order valence-electron chi connectivity index (χ2n) is 8.84. The maximum Gasteiger partial charge on any atom is 0.206 e. The molecule has 0 unspecified atom stereocenters. The molecule has 1 saturated heterocycles. The van der Waals surface area contributed by atoms with Crippen LogP contribution in [0.25, 0.3) is 11.0 Å². The van der Waals surface area contributed by atoms with Crippen molar-refractivity contribution in [2.45, 2.75) is 44.1 Å². The van der Waals surface area contributed by atoms with E-state index >= 15 is 0 Å². The zero-order chi connectivity index (χ0) is 24.9. The lowest BCUT2D eigenvalue weighted by Gasteiger charge is -2.20. The smallest absolute Gasteiger partial charge is 0.206 e. The minimum absolute atomic E-state index is 0. The van der Waals surface area contributed by atoms with Crippen molar-refractivity contribution >= 4 is 17.0 Å². The summed E-state index contributed by atoms with van der Waals surface area (Å²) in [5, 5.41) is 33.8. The molecule has 1 fully saturated rings. The van der Waals surface area contributed by atoms with Gasteiger partial charge >= 0.3 is 0 Å². The number of aryl methyl sites for hydroxylation is 1. The molecule has 0 amide bonds. The van der Waals surface area contributed by atoms with Gasteiger partial charge in [-0.3, -0.25) is 4.57 Å². The Morgan fingerprint density at radius 2 is 1.81 bits per heavy atom. The highest BCUT2D eigenvalue weighted by Crippen LogP contribution is 2.35. The van der Waals surface area contributed by atoms with E-state index in [1.54, 1.807) is 4.57 Å². The van der Waals surface area contributed by atoms with Crippen molar-refractivity contribution in [2.75, 3.05) is 18.5 Å². The van der Waals surface area contributed by atoms with Gasteiger partial charge in [0, 0.05) is 25.1 Å². The average molecular weight is 618 g/mol. The van der Waals surface area contributed by atoms with E-state index in [0.29, 0.717) is 19.1 Å². The number of nitrogens with one attached hydrogen (secondary N) is 1. The molecule has 5 rings (SSSR count). The van der Waals surface area contributed by atoms with Gasteiger partial charge < -0.3 is 54.1 Å². The normalized spacial score (nSPS) is 21.1. The monoisotopic (exact) mass is 618 g/mol. The molecule has 10 heteroatoms. The number of aliphatic hydroxyl groups excluding tert-OH is 3. The molecule has 0 radical (unpaired) electrons. The number of pyridine rings is 1. The summed E-state index contributed by atoms with van der Waals surface area (Å²) in [5.74, 6) is 1.29. The predicted octanol–water partition coefficient (Wildman–Crippen LogP) is -0.979. The molecule has 0 bridgehead atoms. The number of para-hydroxylation sites is 2. The number of benzene rings is 2. The van der Waals surface area contributed by atoms with Gasteiger partial charge in [-0.1, -0.05) is 30.3 Å². The summed E-state index contributed by atoms with van der Waals surface area (Å²) in [6.45, 7) is 1.58. The number of hydrogen-bond donors (Lipinski definition) is 4. The first-order valence-corrected chi connectivity index (χ1v) is 12.1. The molecule has 4 aromatic rings. The molecule has 4 atom stereocenters. The molecule has 1 aliphatic heterocycles. The van der Waals surface area contributed by atoms with Gasteiger partial charge in [-0.25, -0.2) is 9.55 Å². The predicted molar refractivity (Wildman–Crippen MR) is 133 cm³/mol. The van der Waals surface area contributed by atoms with Crippen LogP contribution < -0.4 is 38.6 Å². The van der Waals surface area contributed by atoms with E-state index < -0.39 is 24.5 Å². The third kappa shape index (κ3) is 6.21. The highest BCUT2D eigenvalue weighted by Gasteiger charge is 2.44. The van der Waals surface area contributed by atoms with Crippen LogP contribution in [-0.4, -0.2) is 56.4 Å². The number of ether oxygens (including phenoxy) is 2. The molecule has 196 valence electrons. The van der Waals surface area contributed by atoms with E-state index in [-0.39, 0.29) is 30.6 Å². The number of aliphatic hydroxyl groups is 3. The van der Waals surface area contributed by atoms with Crippen LogP contribution in [0, 0.1) is 0 Å². The second-order valence-corrected chi connectivity index (χ2v) is 8.84. The molecule has 37 heavy (non-hydrogen) atoms. The van der Waals surface area contributed by atoms with Gasteiger partial charge in [0.2, 0.25) is 5.95 Å². The highest BCUT2D eigenvalue weighted by atomic mass is 127. The third-order valence-corrected chi connectivity index (χ3v) is 6.32. The Morgan fingerprint density at radius 3 is 2.59 bits per heavy atom. The van der Waals surface area contributed by atoms with Crippen molar-refractivity contribution in [3.8, 4) is 5.75 Å². The summed E-state index contributed by atoms with van der Waals surface area (Å²) >= 11 is 0. The molecule has 0 aliphatic carbocycles. The standard InChI is InChI=1S/C27H31N4O5.HI/c32-18-23-24(33)25(34)26(36-23)31-22-11-3-2-10-21(22)29-27(31)28-17-19-8-6-9-20(16-19)35-15-7-14-30-12-4-1-5-13-30;/h1-6,8-13,16,23-26,32-34H,7,14-15,17-18H2,(H,28,29);1H/q+1;/p-1/t23-,24-,25-,26-;/m1./s1. The molecular weight excluding hydrogens is 587 g/mol. The van der Waals surface area contributed by atoms with Crippen molar-refractivity contribution in [1.29, 1.82) is 0 Å². The van der Waals surface area contributed by atoms with Crippen LogP contribution in [0.3, 0.4) is 0 Å². The Hall–Kier alpha value is -2.77. The lowest BCUT2D eigenvalue weighted by Crippen LogP contribution is -3.00. The number of nitrogens with zero attached hydrogens (tertiary/aromatic N) is 3. The molecule has 3 heterocycles. The molecule has 4 N–H and O–H groups in total. The van der Waals surface area contributed by atoms with Crippen LogP contribution in [0.2, 0.25) is 0 Å². The number of imidazole rings is 1. The first kappa shape index (κ1) is 27.3. The highest BCUT2D eigenvalue weighted by molar-refractivity contribution is 5.78. The van der Waals surface area contributed by atoms with E-state index in [1.165, 1.54) is 0 Å². The van der Waals surface area contributed by atoms with E-state index in [1.807, 2.05) is 79.1 Å². The van der Waals surface area contributed by atoms with E-state index in [9.17, 15) is 15.3 Å². The second kappa shape index (κ2) is 12.7. The largest absolute Gasteiger partial charge is 1.00 e. The first-order valence-electron chi connectivity index (χ1n) is 12.1. The van der Waals surface area contributed by atoms with Crippen molar-refractivity contribution < 1.29 is 53.3 Å². The zero-order valence-electron chi connectivity index (χ0n) is 20.2.